The van der Waals surface area contributed by atoms with Crippen LogP contribution in [-0.4, -0.2) is 41.7 Å². The molecule has 0 atom stereocenters. The van der Waals surface area contributed by atoms with Gasteiger partial charge in [-0.3, -0.25) is 19.7 Å². The molecule has 7 nitrogen and oxygen atoms in total. The van der Waals surface area contributed by atoms with E-state index >= 15 is 0 Å². The summed E-state index contributed by atoms with van der Waals surface area (Å²) in [7, 11) is 0. The first kappa shape index (κ1) is 17.2. The van der Waals surface area contributed by atoms with Crippen LogP contribution in [-0.2, 0) is 14.3 Å². The summed E-state index contributed by atoms with van der Waals surface area (Å²) in [6.45, 7) is 0.0250. The van der Waals surface area contributed by atoms with Crippen LogP contribution >= 0.6 is 23.2 Å². The van der Waals surface area contributed by atoms with Crippen molar-refractivity contribution in [1.82, 2.24) is 0 Å². The predicted molar refractivity (Wildman–Crippen MR) is 77.8 cm³/mol. The highest BCUT2D eigenvalue weighted by Gasteiger charge is 2.16. The number of anilines is 1. The molecule has 0 radical (unpaired) electrons. The van der Waals surface area contributed by atoms with Crippen molar-refractivity contribution >= 4 is 46.5 Å². The van der Waals surface area contributed by atoms with Gasteiger partial charge in [-0.05, 0) is 12.1 Å². The Hall–Kier alpha value is -1.86. The third-order valence-corrected chi connectivity index (χ3v) is 2.92. The fraction of sp³-hybridized carbons (Fsp3) is 0.333. The van der Waals surface area contributed by atoms with Crippen LogP contribution in [0.25, 0.3) is 0 Å². The first-order valence-electron chi connectivity index (χ1n) is 5.82. The van der Waals surface area contributed by atoms with Gasteiger partial charge in [0, 0.05) is 17.8 Å². The maximum atomic E-state index is 11.8. The summed E-state index contributed by atoms with van der Waals surface area (Å²) < 4.78 is 4.78. The molecule has 1 aromatic rings. The Morgan fingerprint density at radius 3 is 2.29 bits per heavy atom. The van der Waals surface area contributed by atoms with Gasteiger partial charge < -0.3 is 9.64 Å². The second-order valence-electron chi connectivity index (χ2n) is 3.81. The third kappa shape index (κ3) is 5.20. The number of amides is 1. The molecule has 0 heterocycles. The lowest BCUT2D eigenvalue weighted by Crippen LogP contribution is -2.35. The summed E-state index contributed by atoms with van der Waals surface area (Å²) in [5.74, 6) is -1.55. The molecule has 0 aliphatic rings. The number of alkyl halides is 2. The molecule has 0 saturated heterocycles. The van der Waals surface area contributed by atoms with Gasteiger partial charge in [0.05, 0.1) is 11.5 Å². The van der Waals surface area contributed by atoms with Crippen LogP contribution in [0.3, 0.4) is 0 Å². The van der Waals surface area contributed by atoms with E-state index in [4.69, 9.17) is 27.9 Å². The van der Waals surface area contributed by atoms with Gasteiger partial charge in [-0.25, -0.2) is 0 Å². The average molecular weight is 335 g/mol. The molecule has 114 valence electrons. The maximum absolute atomic E-state index is 11.8. The maximum Gasteiger partial charge on any atom is 0.320 e. The summed E-state index contributed by atoms with van der Waals surface area (Å²) in [6.07, 6.45) is 0. The van der Waals surface area contributed by atoms with Crippen molar-refractivity contribution in [1.29, 1.82) is 0 Å². The Kier molecular flexibility index (Phi) is 6.90. The highest BCUT2D eigenvalue weighted by atomic mass is 35.5. The molecule has 0 spiro atoms. The third-order valence-electron chi connectivity index (χ3n) is 2.47. The van der Waals surface area contributed by atoms with Crippen molar-refractivity contribution in [2.45, 2.75) is 0 Å². The van der Waals surface area contributed by atoms with Crippen molar-refractivity contribution in [3.05, 3.63) is 34.4 Å². The lowest BCUT2D eigenvalue weighted by atomic mass is 10.2. The number of ether oxygens (including phenoxy) is 1. The summed E-state index contributed by atoms with van der Waals surface area (Å²) in [6, 6.07) is 5.39. The number of nitro benzene ring substituents is 1. The Morgan fingerprint density at radius 2 is 1.81 bits per heavy atom. The molecule has 0 fully saturated rings. The molecule has 0 aliphatic heterocycles. The van der Waals surface area contributed by atoms with Crippen molar-refractivity contribution in [2.75, 3.05) is 29.8 Å². The molecule has 1 aromatic carbocycles. The van der Waals surface area contributed by atoms with Crippen LogP contribution in [0.1, 0.15) is 0 Å². The molecule has 0 N–H and O–H groups in total. The Morgan fingerprint density at radius 1 is 1.19 bits per heavy atom. The molecular weight excluding hydrogens is 323 g/mol. The number of rotatable bonds is 7. The lowest BCUT2D eigenvalue weighted by Gasteiger charge is -2.21. The Bertz CT molecular complexity index is 521. The number of non-ortho nitro benzene ring substituents is 1. The minimum atomic E-state index is -0.598. The minimum Gasteiger partial charge on any atom is -0.463 e. The zero-order valence-electron chi connectivity index (χ0n) is 10.8. The van der Waals surface area contributed by atoms with Gasteiger partial charge in [0.2, 0.25) is 5.91 Å². The quantitative estimate of drug-likeness (QED) is 0.329. The molecule has 0 bridgehead atoms. The number of hydrogen-bond acceptors (Lipinski definition) is 5. The molecule has 1 rings (SSSR count). The molecular formula is C12H12Cl2N2O5. The smallest absolute Gasteiger partial charge is 0.320 e. The van der Waals surface area contributed by atoms with Crippen LogP contribution in [0.5, 0.6) is 0 Å². The summed E-state index contributed by atoms with van der Waals surface area (Å²) >= 11 is 10.8. The summed E-state index contributed by atoms with van der Waals surface area (Å²) in [5, 5.41) is 10.6. The van der Waals surface area contributed by atoms with Gasteiger partial charge in [-0.15, -0.1) is 23.2 Å². The SMILES string of the molecule is O=C(CCl)OCCN(C(=O)CCl)c1ccc([N+](=O)[O-])cc1. The van der Waals surface area contributed by atoms with E-state index in [1.54, 1.807) is 0 Å². The standard InChI is InChI=1S/C12H12Cl2N2O5/c13-7-11(17)15(5-6-21-12(18)8-14)9-1-3-10(4-2-9)16(19)20/h1-4H,5-8H2. The minimum absolute atomic E-state index is 0.0504. The van der Waals surface area contributed by atoms with E-state index in [0.717, 1.165) is 0 Å². The van der Waals surface area contributed by atoms with Gasteiger partial charge in [0.1, 0.15) is 18.4 Å². The fourth-order valence-corrected chi connectivity index (χ4v) is 1.73. The van der Waals surface area contributed by atoms with Gasteiger partial charge in [0.25, 0.3) is 5.69 Å². The van der Waals surface area contributed by atoms with Gasteiger partial charge >= 0.3 is 5.97 Å². The first-order valence-corrected chi connectivity index (χ1v) is 6.89. The van der Waals surface area contributed by atoms with Gasteiger partial charge in [0.15, 0.2) is 0 Å². The van der Waals surface area contributed by atoms with Crippen LogP contribution in [0.2, 0.25) is 0 Å². The highest BCUT2D eigenvalue weighted by molar-refractivity contribution is 6.29. The van der Waals surface area contributed by atoms with Crippen molar-refractivity contribution in [2.24, 2.45) is 0 Å². The molecule has 0 aliphatic carbocycles. The Balaban J connectivity index is 2.79. The van der Waals surface area contributed by atoms with Gasteiger partial charge in [-0.2, -0.15) is 0 Å². The first-order chi connectivity index (χ1) is 9.99. The van der Waals surface area contributed by atoms with E-state index in [-0.39, 0.29) is 30.6 Å². The molecule has 0 aromatic heterocycles. The van der Waals surface area contributed by atoms with Crippen LogP contribution in [0.15, 0.2) is 24.3 Å². The van der Waals surface area contributed by atoms with E-state index in [1.165, 1.54) is 29.2 Å². The molecule has 1 amide bonds. The highest BCUT2D eigenvalue weighted by Crippen LogP contribution is 2.19. The number of carbonyl (C=O) groups is 2. The molecule has 21 heavy (non-hydrogen) atoms. The fourth-order valence-electron chi connectivity index (χ4n) is 1.51. The van der Waals surface area contributed by atoms with Crippen LogP contribution in [0, 0.1) is 10.1 Å². The van der Waals surface area contributed by atoms with Crippen molar-refractivity contribution in [3.63, 3.8) is 0 Å². The van der Waals surface area contributed by atoms with E-state index in [1.807, 2.05) is 0 Å². The predicted octanol–water partition coefficient (Wildman–Crippen LogP) is 1.95. The van der Waals surface area contributed by atoms with Gasteiger partial charge in [-0.1, -0.05) is 0 Å². The number of nitrogens with zero attached hydrogens (tertiary/aromatic N) is 2. The largest absolute Gasteiger partial charge is 0.463 e. The molecule has 0 saturated carbocycles. The second kappa shape index (κ2) is 8.43. The number of nitro groups is 1. The Labute approximate surface area is 130 Å². The summed E-state index contributed by atoms with van der Waals surface area (Å²) in [5.41, 5.74) is 0.332. The second-order valence-corrected chi connectivity index (χ2v) is 4.34. The molecule has 0 unspecified atom stereocenters. The van der Waals surface area contributed by atoms with Crippen molar-refractivity contribution in [3.8, 4) is 0 Å². The number of esters is 1. The topological polar surface area (TPSA) is 89.8 Å². The van der Waals surface area contributed by atoms with Crippen LogP contribution in [0.4, 0.5) is 11.4 Å². The van der Waals surface area contributed by atoms with Crippen molar-refractivity contribution < 1.29 is 19.2 Å². The van der Waals surface area contributed by atoms with E-state index in [9.17, 15) is 19.7 Å². The molecule has 9 heteroatoms. The zero-order chi connectivity index (χ0) is 15.8. The number of benzene rings is 1. The normalized spacial score (nSPS) is 10.0. The average Bonchev–Trinajstić information content (AvgIpc) is 2.50. The van der Waals surface area contributed by atoms with E-state index in [2.05, 4.69) is 0 Å². The van der Waals surface area contributed by atoms with E-state index in [0.29, 0.717) is 5.69 Å². The monoisotopic (exact) mass is 334 g/mol. The summed E-state index contributed by atoms with van der Waals surface area (Å²) in [4.78, 5) is 34.0. The lowest BCUT2D eigenvalue weighted by molar-refractivity contribution is -0.384. The van der Waals surface area contributed by atoms with Crippen LogP contribution < -0.4 is 4.90 Å². The van der Waals surface area contributed by atoms with E-state index < -0.39 is 16.8 Å². The zero-order valence-corrected chi connectivity index (χ0v) is 12.3. The number of halogens is 2. The number of hydrogen-bond donors (Lipinski definition) is 0. The number of carbonyl (C=O) groups excluding carboxylic acids is 2.